The molecule has 9 heavy (non-hydrogen) atoms. The molecule has 0 saturated heterocycles. The highest BCUT2D eigenvalue weighted by molar-refractivity contribution is 5.78. The molecule has 52 valence electrons. The molecule has 0 aliphatic carbocycles. The summed E-state index contributed by atoms with van der Waals surface area (Å²) < 4.78 is 0. The molecule has 0 aliphatic rings. The normalized spacial score (nSPS) is 14.1. The maximum Gasteiger partial charge on any atom is 0.0277 e. The number of nitrogens with two attached hydrogens (primary N) is 1. The maximum atomic E-state index is 5.59. The first-order valence-electron chi connectivity index (χ1n) is 3.09. The Bertz CT molecular complexity index is 134. The molecule has 0 aromatic rings. The molecule has 0 unspecified atom stereocenters. The topological polar surface area (TPSA) is 38.4 Å². The molecule has 2 N–H and O–H groups in total. The van der Waals surface area contributed by atoms with Crippen LogP contribution in [0.5, 0.6) is 0 Å². The van der Waals surface area contributed by atoms with Gasteiger partial charge in [0, 0.05) is 19.0 Å². The first kappa shape index (κ1) is 8.21. The van der Waals surface area contributed by atoms with E-state index in [0.717, 1.165) is 17.7 Å². The molecule has 0 aromatic heterocycles. The fraction of sp³-hybridized carbons (Fsp3) is 0.571. The van der Waals surface area contributed by atoms with Crippen LogP contribution in [0.3, 0.4) is 0 Å². The van der Waals surface area contributed by atoms with Gasteiger partial charge in [-0.25, -0.2) is 0 Å². The summed E-state index contributed by atoms with van der Waals surface area (Å²) in [5.41, 5.74) is 7.58. The van der Waals surface area contributed by atoms with Gasteiger partial charge in [-0.15, -0.1) is 0 Å². The van der Waals surface area contributed by atoms with Crippen LogP contribution in [0.1, 0.15) is 20.3 Å². The van der Waals surface area contributed by atoms with Crippen LogP contribution in [0.2, 0.25) is 0 Å². The Morgan fingerprint density at radius 1 is 1.67 bits per heavy atom. The molecule has 0 saturated carbocycles. The van der Waals surface area contributed by atoms with Gasteiger partial charge in [0.25, 0.3) is 0 Å². The van der Waals surface area contributed by atoms with Crippen LogP contribution >= 0.6 is 0 Å². The van der Waals surface area contributed by atoms with Gasteiger partial charge in [-0.2, -0.15) is 0 Å². The van der Waals surface area contributed by atoms with E-state index in [1.54, 1.807) is 13.3 Å². The van der Waals surface area contributed by atoms with Gasteiger partial charge in [0.15, 0.2) is 0 Å². The summed E-state index contributed by atoms with van der Waals surface area (Å²) in [6.07, 6.45) is 2.68. The Labute approximate surface area is 56.5 Å². The van der Waals surface area contributed by atoms with Crippen LogP contribution in [0.4, 0.5) is 0 Å². The Kier molecular flexibility index (Phi) is 3.76. The summed E-state index contributed by atoms with van der Waals surface area (Å²) >= 11 is 0. The van der Waals surface area contributed by atoms with Crippen LogP contribution in [0, 0.1) is 0 Å². The van der Waals surface area contributed by atoms with Gasteiger partial charge in [0.05, 0.1) is 0 Å². The van der Waals surface area contributed by atoms with E-state index in [-0.39, 0.29) is 0 Å². The summed E-state index contributed by atoms with van der Waals surface area (Å²) in [5.74, 6) is 0. The van der Waals surface area contributed by atoms with Crippen molar-refractivity contribution in [3.05, 3.63) is 11.3 Å². The van der Waals surface area contributed by atoms with Crippen molar-refractivity contribution in [1.29, 1.82) is 0 Å². The van der Waals surface area contributed by atoms with E-state index in [9.17, 15) is 0 Å². The average Bonchev–Trinajstić information content (AvgIpc) is 1.87. The minimum absolute atomic E-state index is 0.901. The van der Waals surface area contributed by atoms with Gasteiger partial charge in [-0.05, 0) is 18.9 Å². The highest BCUT2D eigenvalue weighted by atomic mass is 14.6. The summed E-state index contributed by atoms with van der Waals surface area (Å²) in [5, 5.41) is 0. The lowest BCUT2D eigenvalue weighted by atomic mass is 10.2. The number of allylic oxidation sites excluding steroid dienone is 2. The van der Waals surface area contributed by atoms with Crippen LogP contribution in [0.25, 0.3) is 0 Å². The highest BCUT2D eigenvalue weighted by Gasteiger charge is 1.88. The molecule has 0 fully saturated rings. The molecule has 0 rings (SSSR count). The highest BCUT2D eigenvalue weighted by Crippen LogP contribution is 1.97. The predicted molar refractivity (Wildman–Crippen MR) is 41.6 cm³/mol. The Morgan fingerprint density at radius 3 is 2.56 bits per heavy atom. The van der Waals surface area contributed by atoms with Gasteiger partial charge < -0.3 is 5.73 Å². The van der Waals surface area contributed by atoms with Crippen LogP contribution in [-0.4, -0.2) is 13.3 Å². The van der Waals surface area contributed by atoms with Gasteiger partial charge in [0.1, 0.15) is 0 Å². The smallest absolute Gasteiger partial charge is 0.0277 e. The monoisotopic (exact) mass is 126 g/mol. The lowest BCUT2D eigenvalue weighted by molar-refractivity contribution is 1.05. The average molecular weight is 126 g/mol. The largest absolute Gasteiger partial charge is 0.402 e. The third kappa shape index (κ3) is 2.90. The first-order valence-corrected chi connectivity index (χ1v) is 3.09. The quantitative estimate of drug-likeness (QED) is 0.557. The minimum atomic E-state index is 0.901. The molecule has 2 nitrogen and oxygen atoms in total. The fourth-order valence-electron chi connectivity index (χ4n) is 0.555. The van der Waals surface area contributed by atoms with Crippen molar-refractivity contribution in [3.8, 4) is 0 Å². The number of hydrogen-bond acceptors (Lipinski definition) is 2. The molecule has 0 radical (unpaired) electrons. The summed E-state index contributed by atoms with van der Waals surface area (Å²) in [4.78, 5) is 3.84. The second-order valence-electron chi connectivity index (χ2n) is 1.95. The minimum Gasteiger partial charge on any atom is -0.402 e. The molecule has 0 aromatic carbocycles. The molecule has 0 amide bonds. The van der Waals surface area contributed by atoms with Gasteiger partial charge in [-0.1, -0.05) is 6.92 Å². The fourth-order valence-corrected chi connectivity index (χ4v) is 0.555. The van der Waals surface area contributed by atoms with Crippen molar-refractivity contribution in [2.75, 3.05) is 7.05 Å². The van der Waals surface area contributed by atoms with Crippen molar-refractivity contribution in [2.24, 2.45) is 10.7 Å². The Balaban J connectivity index is 4.10. The molecular formula is C7H14N2. The Morgan fingerprint density at radius 2 is 2.22 bits per heavy atom. The molecule has 0 heterocycles. The molecule has 2 heteroatoms. The lowest BCUT2D eigenvalue weighted by Gasteiger charge is -1.96. The lowest BCUT2D eigenvalue weighted by Crippen LogP contribution is -1.99. The van der Waals surface area contributed by atoms with Crippen LogP contribution in [0.15, 0.2) is 16.3 Å². The summed E-state index contributed by atoms with van der Waals surface area (Å²) in [7, 11) is 1.74. The van der Waals surface area contributed by atoms with Crippen molar-refractivity contribution in [1.82, 2.24) is 0 Å². The standard InChI is InChI=1S/C7H14N2/c1-4-7(8)6(2)5-9-3/h5H,4,8H2,1-3H3/b7-6-,9-5?. The number of hydrogen-bond donors (Lipinski definition) is 1. The number of nitrogens with zero attached hydrogens (tertiary/aromatic N) is 1. The maximum absolute atomic E-state index is 5.59. The summed E-state index contributed by atoms with van der Waals surface area (Å²) in [6.45, 7) is 3.99. The van der Waals surface area contributed by atoms with E-state index >= 15 is 0 Å². The molecule has 0 bridgehead atoms. The Hall–Kier alpha value is -0.790. The number of aliphatic imine (C=N–C) groups is 1. The molecule has 0 atom stereocenters. The van der Waals surface area contributed by atoms with Crippen molar-refractivity contribution in [3.63, 3.8) is 0 Å². The predicted octanol–water partition coefficient (Wildman–Crippen LogP) is 1.33. The third-order valence-electron chi connectivity index (χ3n) is 1.21. The second-order valence-corrected chi connectivity index (χ2v) is 1.95. The summed E-state index contributed by atoms with van der Waals surface area (Å²) in [6, 6.07) is 0. The van der Waals surface area contributed by atoms with Crippen LogP contribution < -0.4 is 5.73 Å². The van der Waals surface area contributed by atoms with E-state index in [1.165, 1.54) is 0 Å². The van der Waals surface area contributed by atoms with Crippen molar-refractivity contribution in [2.45, 2.75) is 20.3 Å². The zero-order valence-corrected chi connectivity index (χ0v) is 6.31. The molecular weight excluding hydrogens is 112 g/mol. The van der Waals surface area contributed by atoms with Gasteiger partial charge in [-0.3, -0.25) is 4.99 Å². The second kappa shape index (κ2) is 4.13. The molecule has 0 aliphatic heterocycles. The van der Waals surface area contributed by atoms with Crippen molar-refractivity contribution < 1.29 is 0 Å². The van der Waals surface area contributed by atoms with Gasteiger partial charge >= 0.3 is 0 Å². The SMILES string of the molecule is CC/C(N)=C(\C)C=NC. The third-order valence-corrected chi connectivity index (χ3v) is 1.21. The van der Waals surface area contributed by atoms with Crippen LogP contribution in [-0.2, 0) is 0 Å². The van der Waals surface area contributed by atoms with E-state index < -0.39 is 0 Å². The zero-order chi connectivity index (χ0) is 7.28. The van der Waals surface area contributed by atoms with E-state index in [2.05, 4.69) is 4.99 Å². The van der Waals surface area contributed by atoms with E-state index in [0.29, 0.717) is 0 Å². The van der Waals surface area contributed by atoms with E-state index in [1.807, 2.05) is 13.8 Å². The van der Waals surface area contributed by atoms with Crippen molar-refractivity contribution >= 4 is 6.21 Å². The molecule has 0 spiro atoms. The van der Waals surface area contributed by atoms with Gasteiger partial charge in [0.2, 0.25) is 0 Å². The van der Waals surface area contributed by atoms with E-state index in [4.69, 9.17) is 5.73 Å². The zero-order valence-electron chi connectivity index (χ0n) is 6.31. The number of rotatable bonds is 2. The first-order chi connectivity index (χ1) is 4.22.